The Morgan fingerprint density at radius 2 is 1.72 bits per heavy atom. The van der Waals surface area contributed by atoms with Crippen molar-refractivity contribution in [2.24, 2.45) is 0 Å². The Hall–Kier alpha value is -3.35. The fraction of sp³-hybridized carbons (Fsp3) is 0.400. The quantitative estimate of drug-likeness (QED) is 0.666. The summed E-state index contributed by atoms with van der Waals surface area (Å²) < 4.78 is 1.84. The number of aromatic carboxylic acids is 1. The number of rotatable bonds is 4. The fourth-order valence-electron chi connectivity index (χ4n) is 4.30. The van der Waals surface area contributed by atoms with Crippen LogP contribution < -0.4 is 4.90 Å². The molecule has 1 amide bonds. The number of nitrogens with zero attached hydrogens (tertiary/aromatic N) is 4. The van der Waals surface area contributed by atoms with Gasteiger partial charge < -0.3 is 19.5 Å². The second-order valence-corrected chi connectivity index (χ2v) is 7.92. The molecular weight excluding hydrogens is 404 g/mol. The summed E-state index contributed by atoms with van der Waals surface area (Å²) in [6.07, 6.45) is 0. The van der Waals surface area contributed by atoms with Crippen LogP contribution in [-0.4, -0.2) is 57.6 Å². The number of amides is 1. The molecule has 4 rings (SSSR count). The topological polar surface area (TPSA) is 78.7 Å². The number of carbonyl (C=O) groups is 2. The van der Waals surface area contributed by atoms with Crippen molar-refractivity contribution in [1.82, 2.24) is 14.5 Å². The van der Waals surface area contributed by atoms with Gasteiger partial charge in [-0.25, -0.2) is 9.78 Å². The van der Waals surface area contributed by atoms with Crippen molar-refractivity contribution in [3.8, 4) is 0 Å². The first-order valence-corrected chi connectivity index (χ1v) is 11.1. The smallest absolute Gasteiger partial charge is 0.352 e. The van der Waals surface area contributed by atoms with Gasteiger partial charge in [-0.05, 0) is 43.7 Å². The normalized spacial score (nSPS) is 13.7. The van der Waals surface area contributed by atoms with Gasteiger partial charge in [-0.3, -0.25) is 4.79 Å². The number of carboxylic acids is 1. The predicted octanol–water partition coefficient (Wildman–Crippen LogP) is 4.09. The van der Waals surface area contributed by atoms with E-state index in [0.717, 1.165) is 46.6 Å². The molecule has 1 saturated heterocycles. The molecule has 3 aromatic rings. The first kappa shape index (κ1) is 23.3. The molecule has 32 heavy (non-hydrogen) atoms. The number of carboxylic acid groups (broad SMARTS) is 1. The number of piperazine rings is 1. The summed E-state index contributed by atoms with van der Waals surface area (Å²) in [5.41, 5.74) is 4.16. The van der Waals surface area contributed by atoms with Crippen molar-refractivity contribution >= 4 is 28.6 Å². The van der Waals surface area contributed by atoms with E-state index in [-0.39, 0.29) is 11.6 Å². The summed E-state index contributed by atoms with van der Waals surface area (Å²) in [5.74, 6) is 0.0130. The number of anilines is 1. The number of hydrogen-bond donors (Lipinski definition) is 1. The van der Waals surface area contributed by atoms with Crippen molar-refractivity contribution in [1.29, 1.82) is 0 Å². The van der Waals surface area contributed by atoms with Crippen LogP contribution in [0, 0.1) is 13.8 Å². The number of aromatic nitrogens is 2. The lowest BCUT2D eigenvalue weighted by molar-refractivity contribution is -0.129. The summed E-state index contributed by atoms with van der Waals surface area (Å²) >= 11 is 0. The Bertz CT molecular complexity index is 1130. The molecule has 1 aromatic carbocycles. The second-order valence-electron chi connectivity index (χ2n) is 7.92. The van der Waals surface area contributed by atoms with Crippen molar-refractivity contribution in [2.45, 2.75) is 41.2 Å². The molecule has 0 bridgehead atoms. The van der Waals surface area contributed by atoms with Gasteiger partial charge in [0.2, 0.25) is 5.91 Å². The van der Waals surface area contributed by atoms with Crippen LogP contribution in [0.1, 0.15) is 48.1 Å². The number of benzene rings is 1. The third-order valence-electron chi connectivity index (χ3n) is 5.71. The third-order valence-corrected chi connectivity index (χ3v) is 5.71. The molecule has 0 radical (unpaired) electrons. The minimum absolute atomic E-state index is 0.0997. The highest BCUT2D eigenvalue weighted by Gasteiger charge is 2.21. The molecule has 1 fully saturated rings. The number of pyridine rings is 1. The Balaban J connectivity index is 0.00000141. The zero-order valence-corrected chi connectivity index (χ0v) is 19.6. The minimum atomic E-state index is -0.945. The van der Waals surface area contributed by atoms with Crippen LogP contribution in [0.4, 0.5) is 5.82 Å². The molecule has 7 nitrogen and oxygen atoms in total. The SMILES string of the molecule is CC.CC(=O)N1CCN(c2cccc(Cn3c(C(=O)O)cc4cc(C)cc(C)c43)n2)CC1. The number of hydrogen-bond acceptors (Lipinski definition) is 4. The average Bonchev–Trinajstić information content (AvgIpc) is 3.14. The maximum atomic E-state index is 11.9. The highest BCUT2D eigenvalue weighted by molar-refractivity contribution is 5.96. The molecule has 3 heterocycles. The third kappa shape index (κ3) is 4.77. The Labute approximate surface area is 189 Å². The van der Waals surface area contributed by atoms with E-state index in [9.17, 15) is 14.7 Å². The average molecular weight is 437 g/mol. The van der Waals surface area contributed by atoms with Gasteiger partial charge >= 0.3 is 5.97 Å². The summed E-state index contributed by atoms with van der Waals surface area (Å²) in [7, 11) is 0. The van der Waals surface area contributed by atoms with Gasteiger partial charge in [-0.1, -0.05) is 31.5 Å². The lowest BCUT2D eigenvalue weighted by Gasteiger charge is -2.35. The lowest BCUT2D eigenvalue weighted by Crippen LogP contribution is -2.48. The zero-order valence-electron chi connectivity index (χ0n) is 19.6. The molecule has 2 aromatic heterocycles. The lowest BCUT2D eigenvalue weighted by atomic mass is 10.1. The highest BCUT2D eigenvalue weighted by atomic mass is 16.4. The standard InChI is InChI=1S/C23H26N4O3.C2H6/c1-15-11-16(2)22-18(12-15)13-20(23(29)30)27(22)14-19-5-4-6-21(24-19)26-9-7-25(8-10-26)17(3)28;1-2/h4-6,11-13H,7-10,14H2,1-3H3,(H,29,30);1-2H3. The fourth-order valence-corrected chi connectivity index (χ4v) is 4.30. The molecule has 0 atom stereocenters. The molecule has 7 heteroatoms. The summed E-state index contributed by atoms with van der Waals surface area (Å²) in [4.78, 5) is 32.3. The van der Waals surface area contributed by atoms with Crippen molar-refractivity contribution in [3.63, 3.8) is 0 Å². The second kappa shape index (κ2) is 9.85. The molecule has 1 N–H and O–H groups in total. The van der Waals surface area contributed by atoms with Gasteiger partial charge in [0, 0.05) is 38.5 Å². The van der Waals surface area contributed by atoms with Crippen LogP contribution in [0.3, 0.4) is 0 Å². The molecule has 0 spiro atoms. The maximum Gasteiger partial charge on any atom is 0.352 e. The van der Waals surface area contributed by atoms with E-state index in [1.165, 1.54) is 0 Å². The van der Waals surface area contributed by atoms with Gasteiger partial charge in [0.25, 0.3) is 0 Å². The Morgan fingerprint density at radius 1 is 1.03 bits per heavy atom. The Morgan fingerprint density at radius 3 is 2.34 bits per heavy atom. The predicted molar refractivity (Wildman–Crippen MR) is 128 cm³/mol. The van der Waals surface area contributed by atoms with E-state index in [4.69, 9.17) is 4.98 Å². The van der Waals surface area contributed by atoms with Crippen molar-refractivity contribution < 1.29 is 14.7 Å². The van der Waals surface area contributed by atoms with E-state index in [0.29, 0.717) is 19.6 Å². The van der Waals surface area contributed by atoms with Crippen LogP contribution in [0.15, 0.2) is 36.4 Å². The molecule has 1 aliphatic heterocycles. The van der Waals surface area contributed by atoms with Gasteiger partial charge in [0.1, 0.15) is 11.5 Å². The van der Waals surface area contributed by atoms with E-state index < -0.39 is 5.97 Å². The van der Waals surface area contributed by atoms with Crippen molar-refractivity contribution in [3.05, 3.63) is 58.9 Å². The molecule has 0 unspecified atom stereocenters. The van der Waals surface area contributed by atoms with Crippen LogP contribution in [0.5, 0.6) is 0 Å². The molecule has 1 aliphatic rings. The molecule has 170 valence electrons. The van der Waals surface area contributed by atoms with Crippen LogP contribution in [0.2, 0.25) is 0 Å². The number of carbonyl (C=O) groups excluding carboxylic acids is 1. The van der Waals surface area contributed by atoms with E-state index in [2.05, 4.69) is 11.0 Å². The van der Waals surface area contributed by atoms with Crippen molar-refractivity contribution in [2.75, 3.05) is 31.1 Å². The van der Waals surface area contributed by atoms with E-state index in [1.807, 2.05) is 61.4 Å². The largest absolute Gasteiger partial charge is 0.477 e. The summed E-state index contributed by atoms with van der Waals surface area (Å²) in [6, 6.07) is 11.7. The van der Waals surface area contributed by atoms with Gasteiger partial charge in [0.15, 0.2) is 0 Å². The van der Waals surface area contributed by atoms with Crippen LogP contribution >= 0.6 is 0 Å². The first-order valence-electron chi connectivity index (χ1n) is 11.1. The zero-order chi connectivity index (χ0) is 23.4. The van der Waals surface area contributed by atoms with E-state index >= 15 is 0 Å². The number of fused-ring (bicyclic) bond motifs is 1. The van der Waals surface area contributed by atoms with Crippen LogP contribution in [-0.2, 0) is 11.3 Å². The monoisotopic (exact) mass is 436 g/mol. The summed E-state index contributed by atoms with van der Waals surface area (Å²) in [6.45, 7) is 12.9. The number of aryl methyl sites for hydroxylation is 2. The maximum absolute atomic E-state index is 11.9. The van der Waals surface area contributed by atoms with Gasteiger partial charge in [-0.15, -0.1) is 0 Å². The Kier molecular flexibility index (Phi) is 7.18. The van der Waals surface area contributed by atoms with Gasteiger partial charge in [-0.2, -0.15) is 0 Å². The minimum Gasteiger partial charge on any atom is -0.477 e. The first-order chi connectivity index (χ1) is 15.3. The van der Waals surface area contributed by atoms with E-state index in [1.54, 1.807) is 13.0 Å². The van der Waals surface area contributed by atoms with Crippen LogP contribution in [0.25, 0.3) is 10.9 Å². The highest BCUT2D eigenvalue weighted by Crippen LogP contribution is 2.26. The molecule has 0 saturated carbocycles. The van der Waals surface area contributed by atoms with Gasteiger partial charge in [0.05, 0.1) is 17.8 Å². The molecular formula is C25H32N4O3. The summed E-state index contributed by atoms with van der Waals surface area (Å²) in [5, 5.41) is 10.7. The molecule has 0 aliphatic carbocycles.